The minimum atomic E-state index is -0.212. The van der Waals surface area contributed by atoms with Crippen molar-refractivity contribution >= 4 is 11.8 Å². The van der Waals surface area contributed by atoms with Crippen molar-refractivity contribution in [2.24, 2.45) is 17.3 Å². The van der Waals surface area contributed by atoms with E-state index in [1.807, 2.05) is 0 Å². The van der Waals surface area contributed by atoms with Crippen LogP contribution in [0.1, 0.15) is 52.9 Å². The van der Waals surface area contributed by atoms with Gasteiger partial charge in [-0.15, -0.1) is 0 Å². The first kappa shape index (κ1) is 14.2. The van der Waals surface area contributed by atoms with Crippen molar-refractivity contribution in [2.45, 2.75) is 52.9 Å². The maximum Gasteiger partial charge on any atom is 0.305 e. The molecule has 0 unspecified atom stereocenters. The van der Waals surface area contributed by atoms with Crippen LogP contribution in [0, 0.1) is 17.3 Å². The summed E-state index contributed by atoms with van der Waals surface area (Å²) in [7, 11) is 1.39. The molecule has 0 aliphatic heterocycles. The number of ether oxygens (including phenoxy) is 1. The number of ketones is 1. The highest BCUT2D eigenvalue weighted by atomic mass is 16.5. The smallest absolute Gasteiger partial charge is 0.305 e. The van der Waals surface area contributed by atoms with Gasteiger partial charge in [0.25, 0.3) is 0 Å². The van der Waals surface area contributed by atoms with E-state index in [2.05, 4.69) is 25.5 Å². The lowest BCUT2D eigenvalue weighted by atomic mass is 9.68. The number of carbonyl (C=O) groups excluding carboxylic acids is 2. The molecule has 3 nitrogen and oxygen atoms in total. The summed E-state index contributed by atoms with van der Waals surface area (Å²) in [6.07, 6.45) is 3.62. The Hall–Kier alpha value is -0.860. The molecule has 1 aliphatic carbocycles. The van der Waals surface area contributed by atoms with Gasteiger partial charge in [0.15, 0.2) is 0 Å². The van der Waals surface area contributed by atoms with Crippen LogP contribution in [0.15, 0.2) is 0 Å². The molecule has 0 heterocycles. The minimum absolute atomic E-state index is 0.0621. The van der Waals surface area contributed by atoms with E-state index >= 15 is 0 Å². The van der Waals surface area contributed by atoms with E-state index in [0.717, 1.165) is 12.8 Å². The van der Waals surface area contributed by atoms with Gasteiger partial charge in [-0.3, -0.25) is 9.59 Å². The molecule has 3 heteroatoms. The fourth-order valence-corrected chi connectivity index (χ4v) is 2.57. The molecule has 0 aromatic carbocycles. The summed E-state index contributed by atoms with van der Waals surface area (Å²) in [5, 5.41) is 0. The largest absolute Gasteiger partial charge is 0.469 e. The monoisotopic (exact) mass is 240 g/mol. The van der Waals surface area contributed by atoms with Gasteiger partial charge in [0.1, 0.15) is 5.78 Å². The summed E-state index contributed by atoms with van der Waals surface area (Å²) in [4.78, 5) is 22.9. The van der Waals surface area contributed by atoms with E-state index < -0.39 is 0 Å². The van der Waals surface area contributed by atoms with Gasteiger partial charge in [-0.1, -0.05) is 20.8 Å². The first-order chi connectivity index (χ1) is 7.84. The van der Waals surface area contributed by atoms with Gasteiger partial charge >= 0.3 is 5.97 Å². The van der Waals surface area contributed by atoms with E-state index in [0.29, 0.717) is 31.0 Å². The lowest BCUT2D eigenvalue weighted by Crippen LogP contribution is -2.32. The molecule has 1 saturated carbocycles. The van der Waals surface area contributed by atoms with Gasteiger partial charge in [0.05, 0.1) is 7.11 Å². The van der Waals surface area contributed by atoms with Crippen molar-refractivity contribution in [3.8, 4) is 0 Å². The van der Waals surface area contributed by atoms with Gasteiger partial charge in [-0.2, -0.15) is 0 Å². The van der Waals surface area contributed by atoms with Crippen LogP contribution in [0.5, 0.6) is 0 Å². The van der Waals surface area contributed by atoms with Crippen LogP contribution in [0.3, 0.4) is 0 Å². The molecule has 0 saturated heterocycles. The summed E-state index contributed by atoms with van der Waals surface area (Å²) in [5.74, 6) is 0.764. The predicted molar refractivity (Wildman–Crippen MR) is 66.5 cm³/mol. The second kappa shape index (κ2) is 5.65. The lowest BCUT2D eigenvalue weighted by molar-refractivity contribution is -0.141. The first-order valence-corrected chi connectivity index (χ1v) is 6.44. The lowest BCUT2D eigenvalue weighted by Gasteiger charge is -2.36. The number of carbonyl (C=O) groups is 2. The van der Waals surface area contributed by atoms with Crippen molar-refractivity contribution < 1.29 is 14.3 Å². The first-order valence-electron chi connectivity index (χ1n) is 6.44. The van der Waals surface area contributed by atoms with Crippen LogP contribution >= 0.6 is 0 Å². The van der Waals surface area contributed by atoms with Crippen molar-refractivity contribution in [1.29, 1.82) is 0 Å². The predicted octanol–water partition coefficient (Wildman–Crippen LogP) is 2.97. The fraction of sp³-hybridized carbons (Fsp3) is 0.857. The van der Waals surface area contributed by atoms with Gasteiger partial charge < -0.3 is 4.74 Å². The molecule has 1 fully saturated rings. The third-order valence-electron chi connectivity index (χ3n) is 3.91. The van der Waals surface area contributed by atoms with E-state index in [9.17, 15) is 9.59 Å². The standard InChI is InChI=1S/C14H24O3/c1-14(2,3)11-6-7-12(15)10(9-11)5-8-13(16)17-4/h10-11H,5-9H2,1-4H3/t10-,11-/m0/s1. The maximum atomic E-state index is 11.8. The van der Waals surface area contributed by atoms with Crippen molar-refractivity contribution in [3.63, 3.8) is 0 Å². The van der Waals surface area contributed by atoms with Crippen molar-refractivity contribution in [2.75, 3.05) is 7.11 Å². The van der Waals surface area contributed by atoms with Gasteiger partial charge in [-0.05, 0) is 30.6 Å². The Balaban J connectivity index is 2.52. The quantitative estimate of drug-likeness (QED) is 0.712. The second-order valence-corrected chi connectivity index (χ2v) is 6.12. The number of hydrogen-bond donors (Lipinski definition) is 0. The third-order valence-corrected chi connectivity index (χ3v) is 3.91. The Morgan fingerprint density at radius 3 is 2.59 bits per heavy atom. The van der Waals surface area contributed by atoms with E-state index in [4.69, 9.17) is 0 Å². The molecule has 0 amide bonds. The topological polar surface area (TPSA) is 43.4 Å². The average Bonchev–Trinajstić information content (AvgIpc) is 2.26. The Labute approximate surface area is 104 Å². The van der Waals surface area contributed by atoms with E-state index in [-0.39, 0.29) is 17.3 Å². The molecule has 0 aromatic rings. The Morgan fingerprint density at radius 2 is 2.06 bits per heavy atom. The van der Waals surface area contributed by atoms with Gasteiger partial charge in [0, 0.05) is 18.8 Å². The molecule has 1 rings (SSSR count). The molecule has 98 valence electrons. The Kier molecular flexibility index (Phi) is 4.72. The second-order valence-electron chi connectivity index (χ2n) is 6.12. The minimum Gasteiger partial charge on any atom is -0.469 e. The molecular formula is C14H24O3. The zero-order valence-electron chi connectivity index (χ0n) is 11.4. The SMILES string of the molecule is COC(=O)CC[C@H]1C[C@@H](C(C)(C)C)CCC1=O. The van der Waals surface area contributed by atoms with Crippen LogP contribution in [0.25, 0.3) is 0 Å². The molecule has 0 bridgehead atoms. The molecule has 0 aromatic heterocycles. The van der Waals surface area contributed by atoms with Crippen LogP contribution in [0.2, 0.25) is 0 Å². The molecule has 1 aliphatic rings. The van der Waals surface area contributed by atoms with Crippen LogP contribution in [0.4, 0.5) is 0 Å². The molecule has 0 N–H and O–H groups in total. The number of esters is 1. The Morgan fingerprint density at radius 1 is 1.41 bits per heavy atom. The summed E-state index contributed by atoms with van der Waals surface area (Å²) in [6.45, 7) is 6.68. The van der Waals surface area contributed by atoms with Crippen molar-refractivity contribution in [1.82, 2.24) is 0 Å². The number of rotatable bonds is 3. The van der Waals surface area contributed by atoms with Crippen LogP contribution in [-0.4, -0.2) is 18.9 Å². The highest BCUT2D eigenvalue weighted by Gasteiger charge is 2.34. The van der Waals surface area contributed by atoms with Gasteiger partial charge in [0.2, 0.25) is 0 Å². The zero-order valence-corrected chi connectivity index (χ0v) is 11.4. The molecule has 0 spiro atoms. The average molecular weight is 240 g/mol. The van der Waals surface area contributed by atoms with Crippen LogP contribution < -0.4 is 0 Å². The number of hydrogen-bond acceptors (Lipinski definition) is 3. The highest BCUT2D eigenvalue weighted by Crippen LogP contribution is 2.40. The summed E-state index contributed by atoms with van der Waals surface area (Å²) >= 11 is 0. The van der Waals surface area contributed by atoms with Crippen LogP contribution in [-0.2, 0) is 14.3 Å². The number of methoxy groups -OCH3 is 1. The van der Waals surface area contributed by atoms with E-state index in [1.165, 1.54) is 7.11 Å². The molecular weight excluding hydrogens is 216 g/mol. The fourth-order valence-electron chi connectivity index (χ4n) is 2.57. The maximum absolute atomic E-state index is 11.8. The highest BCUT2D eigenvalue weighted by molar-refractivity contribution is 5.82. The zero-order chi connectivity index (χ0) is 13.1. The van der Waals surface area contributed by atoms with Crippen molar-refractivity contribution in [3.05, 3.63) is 0 Å². The normalized spacial score (nSPS) is 25.8. The van der Waals surface area contributed by atoms with Gasteiger partial charge in [-0.25, -0.2) is 0 Å². The summed E-state index contributed by atoms with van der Waals surface area (Å²) in [6, 6.07) is 0. The molecule has 17 heavy (non-hydrogen) atoms. The number of Topliss-reactive ketones (excluding diaryl/α,β-unsaturated/α-hetero) is 1. The van der Waals surface area contributed by atoms with E-state index in [1.54, 1.807) is 0 Å². The Bertz CT molecular complexity index is 288. The third kappa shape index (κ3) is 4.14. The molecule has 2 atom stereocenters. The summed E-state index contributed by atoms with van der Waals surface area (Å²) < 4.78 is 4.62. The summed E-state index contributed by atoms with van der Waals surface area (Å²) in [5.41, 5.74) is 0.254. The molecule has 0 radical (unpaired) electrons.